The van der Waals surface area contributed by atoms with Crippen LogP contribution in [0.2, 0.25) is 0 Å². The Bertz CT molecular complexity index is 589. The van der Waals surface area contributed by atoms with Gasteiger partial charge in [0.2, 0.25) is 5.88 Å². The maximum Gasteiger partial charge on any atom is 0.215 e. The number of ether oxygens (including phenoxy) is 2. The summed E-state index contributed by atoms with van der Waals surface area (Å²) in [5, 5.41) is 0. The minimum Gasteiger partial charge on any atom is -0.473 e. The molecule has 1 aromatic heterocycles. The SMILES string of the molecule is CC.COCC1CCN(c2cccc(OCc3ccccc3)n2)C1. The molecule has 1 saturated heterocycles. The molecule has 0 spiro atoms. The fraction of sp³-hybridized carbons (Fsp3) is 0.450. The molecular weight excluding hydrogens is 300 g/mol. The molecule has 3 rings (SSSR count). The van der Waals surface area contributed by atoms with Crippen LogP contribution < -0.4 is 9.64 Å². The highest BCUT2D eigenvalue weighted by atomic mass is 16.5. The number of benzene rings is 1. The maximum atomic E-state index is 5.80. The molecular formula is C20H28N2O2. The van der Waals surface area contributed by atoms with E-state index in [1.54, 1.807) is 7.11 Å². The largest absolute Gasteiger partial charge is 0.473 e. The van der Waals surface area contributed by atoms with Gasteiger partial charge in [-0.05, 0) is 18.1 Å². The van der Waals surface area contributed by atoms with Gasteiger partial charge in [-0.15, -0.1) is 0 Å². The minimum atomic E-state index is 0.545. The summed E-state index contributed by atoms with van der Waals surface area (Å²) < 4.78 is 11.1. The lowest BCUT2D eigenvalue weighted by molar-refractivity contribution is 0.161. The molecule has 24 heavy (non-hydrogen) atoms. The highest BCUT2D eigenvalue weighted by Gasteiger charge is 2.23. The zero-order valence-electron chi connectivity index (χ0n) is 14.9. The quantitative estimate of drug-likeness (QED) is 0.797. The second-order valence-corrected chi connectivity index (χ2v) is 5.66. The molecule has 0 radical (unpaired) electrons. The Morgan fingerprint density at radius 1 is 1.08 bits per heavy atom. The molecule has 2 heterocycles. The molecule has 0 bridgehead atoms. The fourth-order valence-electron chi connectivity index (χ4n) is 2.80. The summed E-state index contributed by atoms with van der Waals surface area (Å²) in [4.78, 5) is 6.93. The van der Waals surface area contributed by atoms with Crippen LogP contribution in [0.4, 0.5) is 5.82 Å². The van der Waals surface area contributed by atoms with E-state index in [9.17, 15) is 0 Å². The topological polar surface area (TPSA) is 34.6 Å². The van der Waals surface area contributed by atoms with Crippen LogP contribution in [0.1, 0.15) is 25.8 Å². The number of rotatable bonds is 6. The Hall–Kier alpha value is -2.07. The van der Waals surface area contributed by atoms with Gasteiger partial charge in [0, 0.05) is 32.2 Å². The number of hydrogen-bond donors (Lipinski definition) is 0. The molecule has 1 aromatic carbocycles. The van der Waals surface area contributed by atoms with E-state index in [2.05, 4.69) is 22.0 Å². The second kappa shape index (κ2) is 9.93. The standard InChI is InChI=1S/C18H22N2O2.C2H6/c1-21-13-16-10-11-20(12-16)17-8-5-9-18(19-17)22-14-15-6-3-2-4-7-15;1-2/h2-9,16H,10-14H2,1H3;1-2H3. The molecule has 4 nitrogen and oxygen atoms in total. The summed E-state index contributed by atoms with van der Waals surface area (Å²) in [6, 6.07) is 16.1. The van der Waals surface area contributed by atoms with Gasteiger partial charge >= 0.3 is 0 Å². The Kier molecular flexibility index (Phi) is 7.56. The lowest BCUT2D eigenvalue weighted by Gasteiger charge is -2.18. The van der Waals surface area contributed by atoms with Gasteiger partial charge in [0.05, 0.1) is 6.61 Å². The van der Waals surface area contributed by atoms with Crippen molar-refractivity contribution in [1.29, 1.82) is 0 Å². The van der Waals surface area contributed by atoms with Crippen molar-refractivity contribution < 1.29 is 9.47 Å². The molecule has 0 amide bonds. The smallest absolute Gasteiger partial charge is 0.215 e. The van der Waals surface area contributed by atoms with Crippen LogP contribution in [0.15, 0.2) is 48.5 Å². The summed E-state index contributed by atoms with van der Waals surface area (Å²) >= 11 is 0. The summed E-state index contributed by atoms with van der Waals surface area (Å²) in [6.07, 6.45) is 1.16. The fourth-order valence-corrected chi connectivity index (χ4v) is 2.80. The van der Waals surface area contributed by atoms with E-state index in [0.29, 0.717) is 18.4 Å². The molecule has 2 aromatic rings. The normalized spacial score (nSPS) is 16.5. The van der Waals surface area contributed by atoms with Crippen molar-refractivity contribution in [3.63, 3.8) is 0 Å². The van der Waals surface area contributed by atoms with Crippen LogP contribution in [0.25, 0.3) is 0 Å². The Morgan fingerprint density at radius 3 is 2.62 bits per heavy atom. The minimum absolute atomic E-state index is 0.545. The molecule has 1 fully saturated rings. The van der Waals surface area contributed by atoms with Gasteiger partial charge in [0.15, 0.2) is 0 Å². The number of methoxy groups -OCH3 is 1. The predicted octanol–water partition coefficient (Wildman–Crippen LogP) is 4.16. The van der Waals surface area contributed by atoms with E-state index in [1.165, 1.54) is 0 Å². The van der Waals surface area contributed by atoms with Crippen molar-refractivity contribution in [3.8, 4) is 5.88 Å². The lowest BCUT2D eigenvalue weighted by Crippen LogP contribution is -2.22. The van der Waals surface area contributed by atoms with Crippen LogP contribution >= 0.6 is 0 Å². The van der Waals surface area contributed by atoms with Gasteiger partial charge in [0.1, 0.15) is 12.4 Å². The van der Waals surface area contributed by atoms with Gasteiger partial charge in [-0.2, -0.15) is 4.98 Å². The van der Waals surface area contributed by atoms with Crippen molar-refractivity contribution in [2.75, 3.05) is 31.7 Å². The molecule has 1 atom stereocenters. The molecule has 1 unspecified atom stereocenters. The summed E-state index contributed by atoms with van der Waals surface area (Å²) in [6.45, 7) is 7.40. The Labute approximate surface area is 145 Å². The number of nitrogens with zero attached hydrogens (tertiary/aromatic N) is 2. The first-order valence-corrected chi connectivity index (χ1v) is 8.73. The highest BCUT2D eigenvalue weighted by Crippen LogP contribution is 2.24. The van der Waals surface area contributed by atoms with Gasteiger partial charge in [0.25, 0.3) is 0 Å². The molecule has 1 aliphatic rings. The third-order valence-electron chi connectivity index (χ3n) is 3.95. The average molecular weight is 328 g/mol. The molecule has 130 valence electrons. The predicted molar refractivity (Wildman–Crippen MR) is 98.6 cm³/mol. The number of pyridine rings is 1. The molecule has 0 saturated carbocycles. The van der Waals surface area contributed by atoms with Gasteiger partial charge in [-0.1, -0.05) is 50.2 Å². The molecule has 0 N–H and O–H groups in total. The van der Waals surface area contributed by atoms with Crippen LogP contribution in [0.5, 0.6) is 5.88 Å². The third kappa shape index (κ3) is 5.24. The highest BCUT2D eigenvalue weighted by molar-refractivity contribution is 5.41. The second-order valence-electron chi connectivity index (χ2n) is 5.66. The van der Waals surface area contributed by atoms with Crippen molar-refractivity contribution >= 4 is 5.82 Å². The number of aromatic nitrogens is 1. The molecule has 1 aliphatic heterocycles. The van der Waals surface area contributed by atoms with Gasteiger partial charge in [-0.25, -0.2) is 0 Å². The third-order valence-corrected chi connectivity index (χ3v) is 3.95. The van der Waals surface area contributed by atoms with Crippen LogP contribution in [0.3, 0.4) is 0 Å². The Morgan fingerprint density at radius 2 is 1.88 bits per heavy atom. The van der Waals surface area contributed by atoms with Crippen molar-refractivity contribution in [2.45, 2.75) is 26.9 Å². The monoisotopic (exact) mass is 328 g/mol. The van der Waals surface area contributed by atoms with E-state index in [1.807, 2.05) is 50.2 Å². The van der Waals surface area contributed by atoms with E-state index in [0.717, 1.165) is 37.5 Å². The van der Waals surface area contributed by atoms with Crippen molar-refractivity contribution in [1.82, 2.24) is 4.98 Å². The Balaban J connectivity index is 0.00000100. The maximum absolute atomic E-state index is 5.80. The van der Waals surface area contributed by atoms with E-state index in [4.69, 9.17) is 9.47 Å². The first kappa shape index (κ1) is 18.3. The van der Waals surface area contributed by atoms with Crippen molar-refractivity contribution in [3.05, 3.63) is 54.1 Å². The van der Waals surface area contributed by atoms with Crippen LogP contribution in [-0.2, 0) is 11.3 Å². The average Bonchev–Trinajstić information content (AvgIpc) is 3.12. The summed E-state index contributed by atoms with van der Waals surface area (Å²) in [7, 11) is 1.76. The van der Waals surface area contributed by atoms with E-state index < -0.39 is 0 Å². The first-order valence-electron chi connectivity index (χ1n) is 8.73. The van der Waals surface area contributed by atoms with Crippen LogP contribution in [0, 0.1) is 5.92 Å². The summed E-state index contributed by atoms with van der Waals surface area (Å²) in [5.41, 5.74) is 1.15. The van der Waals surface area contributed by atoms with Gasteiger partial charge < -0.3 is 14.4 Å². The molecule has 0 aliphatic carbocycles. The first-order chi connectivity index (χ1) is 11.8. The number of hydrogen-bond acceptors (Lipinski definition) is 4. The number of anilines is 1. The zero-order valence-corrected chi connectivity index (χ0v) is 14.9. The van der Waals surface area contributed by atoms with Crippen molar-refractivity contribution in [2.24, 2.45) is 5.92 Å². The van der Waals surface area contributed by atoms with Gasteiger partial charge in [-0.3, -0.25) is 0 Å². The molecule has 4 heteroatoms. The van der Waals surface area contributed by atoms with Crippen LogP contribution in [-0.4, -0.2) is 31.8 Å². The van der Waals surface area contributed by atoms with E-state index >= 15 is 0 Å². The zero-order chi connectivity index (χ0) is 17.2. The lowest BCUT2D eigenvalue weighted by atomic mass is 10.1. The summed E-state index contributed by atoms with van der Waals surface area (Å²) in [5.74, 6) is 2.27. The van der Waals surface area contributed by atoms with E-state index in [-0.39, 0.29) is 0 Å².